The van der Waals surface area contributed by atoms with E-state index in [9.17, 15) is 0 Å². The van der Waals surface area contributed by atoms with E-state index in [2.05, 4.69) is 74.0 Å². The van der Waals surface area contributed by atoms with Crippen LogP contribution in [0.4, 0.5) is 0 Å². The molecule has 2 heteroatoms. The zero-order valence-corrected chi connectivity index (χ0v) is 13.6. The van der Waals surface area contributed by atoms with E-state index in [1.165, 1.54) is 27.8 Å². The molecule has 1 aliphatic rings. The highest BCUT2D eigenvalue weighted by Gasteiger charge is 2.32. The summed E-state index contributed by atoms with van der Waals surface area (Å²) in [4.78, 5) is 0. The summed E-state index contributed by atoms with van der Waals surface area (Å²) in [5.74, 6) is 0. The highest BCUT2D eigenvalue weighted by molar-refractivity contribution is 8.50. The van der Waals surface area contributed by atoms with Crippen LogP contribution >= 0.6 is 19.9 Å². The zero-order valence-electron chi connectivity index (χ0n) is 12.1. The summed E-state index contributed by atoms with van der Waals surface area (Å²) in [5.41, 5.74) is 6.71. The molecule has 1 aliphatic carbocycles. The molecule has 0 radical (unpaired) electrons. The summed E-state index contributed by atoms with van der Waals surface area (Å²) in [6, 6.07) is 17.2. The van der Waals surface area contributed by atoms with Gasteiger partial charge in [-0.1, -0.05) is 70.9 Å². The molecule has 2 aromatic rings. The first-order chi connectivity index (χ1) is 9.48. The van der Waals surface area contributed by atoms with Gasteiger partial charge in [0, 0.05) is 5.25 Å². The maximum atomic E-state index is 6.70. The predicted molar refractivity (Wildman–Crippen MR) is 93.6 cm³/mol. The van der Waals surface area contributed by atoms with E-state index < -0.39 is 9.24 Å². The standard InChI is InChI=1S/C18H19ClS/c1-13-12-17-15(14-8-5-4-6-9-14)10-7-11-16(17)18(13)20(2,3)19/h4-12,18H,1-3H3. The molecule has 104 valence electrons. The van der Waals surface area contributed by atoms with Crippen LogP contribution in [-0.2, 0) is 0 Å². The van der Waals surface area contributed by atoms with Crippen LogP contribution in [0.1, 0.15) is 23.3 Å². The predicted octanol–water partition coefficient (Wildman–Crippen LogP) is 6.03. The molecule has 0 nitrogen and oxygen atoms in total. The van der Waals surface area contributed by atoms with Crippen LogP contribution in [0.2, 0.25) is 0 Å². The lowest BCUT2D eigenvalue weighted by atomic mass is 9.97. The van der Waals surface area contributed by atoms with Gasteiger partial charge in [-0.2, -0.15) is 9.24 Å². The van der Waals surface area contributed by atoms with Gasteiger partial charge in [0.05, 0.1) is 0 Å². The van der Waals surface area contributed by atoms with Gasteiger partial charge in [-0.15, -0.1) is 0 Å². The van der Waals surface area contributed by atoms with Gasteiger partial charge in [-0.3, -0.25) is 0 Å². The van der Waals surface area contributed by atoms with Gasteiger partial charge in [-0.05, 0) is 41.7 Å². The first kappa shape index (κ1) is 13.8. The summed E-state index contributed by atoms with van der Waals surface area (Å²) >= 11 is 0. The number of rotatable bonds is 2. The summed E-state index contributed by atoms with van der Waals surface area (Å²) in [6.45, 7) is 2.20. The van der Waals surface area contributed by atoms with E-state index in [1.807, 2.05) is 0 Å². The molecule has 0 aliphatic heterocycles. The molecule has 1 atom stereocenters. The summed E-state index contributed by atoms with van der Waals surface area (Å²) in [5, 5.41) is 0.378. The third-order valence-corrected chi connectivity index (χ3v) is 6.13. The van der Waals surface area contributed by atoms with Crippen molar-refractivity contribution in [2.24, 2.45) is 0 Å². The van der Waals surface area contributed by atoms with Crippen LogP contribution in [0.3, 0.4) is 0 Å². The maximum absolute atomic E-state index is 6.70. The van der Waals surface area contributed by atoms with E-state index in [-0.39, 0.29) is 0 Å². The Bertz CT molecular complexity index is 666. The summed E-state index contributed by atoms with van der Waals surface area (Å²) in [6.07, 6.45) is 6.68. The minimum atomic E-state index is -1.16. The second-order valence-corrected chi connectivity index (χ2v) is 11.1. The molecule has 1 unspecified atom stereocenters. The van der Waals surface area contributed by atoms with Crippen molar-refractivity contribution >= 4 is 26.0 Å². The zero-order chi connectivity index (χ0) is 14.3. The van der Waals surface area contributed by atoms with Crippen molar-refractivity contribution < 1.29 is 0 Å². The molecule has 0 aromatic heterocycles. The average Bonchev–Trinajstić information content (AvgIpc) is 2.75. The van der Waals surface area contributed by atoms with Crippen molar-refractivity contribution in [3.63, 3.8) is 0 Å². The Morgan fingerprint density at radius 1 is 0.950 bits per heavy atom. The number of hydrogen-bond donors (Lipinski definition) is 0. The van der Waals surface area contributed by atoms with Gasteiger partial charge in [0.1, 0.15) is 0 Å². The Balaban J connectivity index is 2.18. The summed E-state index contributed by atoms with van der Waals surface area (Å²) < 4.78 is 0. The third kappa shape index (κ3) is 2.30. The molecule has 0 amide bonds. The van der Waals surface area contributed by atoms with Crippen LogP contribution in [0.25, 0.3) is 17.2 Å². The van der Waals surface area contributed by atoms with Crippen molar-refractivity contribution in [3.8, 4) is 11.1 Å². The van der Waals surface area contributed by atoms with Gasteiger partial charge in [-0.25, -0.2) is 0 Å². The number of fused-ring (bicyclic) bond motifs is 1. The Morgan fingerprint density at radius 3 is 2.30 bits per heavy atom. The fourth-order valence-electron chi connectivity index (χ4n) is 3.13. The number of hydrogen-bond acceptors (Lipinski definition) is 0. The van der Waals surface area contributed by atoms with E-state index in [4.69, 9.17) is 10.7 Å². The quantitative estimate of drug-likeness (QED) is 0.635. The number of halogens is 1. The molecule has 0 heterocycles. The first-order valence-electron chi connectivity index (χ1n) is 6.77. The van der Waals surface area contributed by atoms with Crippen molar-refractivity contribution in [1.29, 1.82) is 0 Å². The molecule has 0 bridgehead atoms. The topological polar surface area (TPSA) is 0 Å². The minimum absolute atomic E-state index is 0.378. The first-order valence-corrected chi connectivity index (χ1v) is 10.1. The molecule has 2 aromatic carbocycles. The third-order valence-electron chi connectivity index (χ3n) is 3.85. The Kier molecular flexibility index (Phi) is 3.43. The van der Waals surface area contributed by atoms with E-state index in [0.29, 0.717) is 5.25 Å². The Labute approximate surface area is 127 Å². The lowest BCUT2D eigenvalue weighted by Gasteiger charge is -2.32. The SMILES string of the molecule is CC1=Cc2c(-c3ccccc3)cccc2C1S(C)(C)Cl. The van der Waals surface area contributed by atoms with Crippen molar-refractivity contribution in [1.82, 2.24) is 0 Å². The Hall–Kier alpha value is -1.18. The van der Waals surface area contributed by atoms with E-state index >= 15 is 0 Å². The van der Waals surface area contributed by atoms with Crippen molar-refractivity contribution in [2.45, 2.75) is 12.2 Å². The summed E-state index contributed by atoms with van der Waals surface area (Å²) in [7, 11) is 5.54. The highest BCUT2D eigenvalue weighted by atomic mass is 35.7. The minimum Gasteiger partial charge on any atom is -0.158 e. The lowest BCUT2D eigenvalue weighted by molar-refractivity contribution is 1.15. The smallest absolute Gasteiger partial charge is 0.0474 e. The van der Waals surface area contributed by atoms with Crippen LogP contribution < -0.4 is 0 Å². The molecule has 0 saturated heterocycles. The second-order valence-electron chi connectivity index (χ2n) is 5.72. The molecule has 0 fully saturated rings. The molecule has 3 rings (SSSR count). The van der Waals surface area contributed by atoms with E-state index in [1.54, 1.807) is 0 Å². The monoisotopic (exact) mass is 302 g/mol. The lowest BCUT2D eigenvalue weighted by Crippen LogP contribution is -2.03. The Morgan fingerprint density at radius 2 is 1.65 bits per heavy atom. The maximum Gasteiger partial charge on any atom is 0.0474 e. The molecule has 0 N–H and O–H groups in total. The molecular weight excluding hydrogens is 284 g/mol. The molecule has 0 spiro atoms. The van der Waals surface area contributed by atoms with E-state index in [0.717, 1.165) is 0 Å². The highest BCUT2D eigenvalue weighted by Crippen LogP contribution is 2.64. The van der Waals surface area contributed by atoms with Gasteiger partial charge in [0.2, 0.25) is 0 Å². The van der Waals surface area contributed by atoms with Crippen LogP contribution in [0.15, 0.2) is 54.1 Å². The van der Waals surface area contributed by atoms with Gasteiger partial charge < -0.3 is 0 Å². The van der Waals surface area contributed by atoms with Crippen molar-refractivity contribution in [3.05, 3.63) is 65.2 Å². The average molecular weight is 303 g/mol. The van der Waals surface area contributed by atoms with Crippen LogP contribution in [0.5, 0.6) is 0 Å². The van der Waals surface area contributed by atoms with Crippen LogP contribution in [-0.4, -0.2) is 12.5 Å². The van der Waals surface area contributed by atoms with Crippen LogP contribution in [0, 0.1) is 0 Å². The van der Waals surface area contributed by atoms with Gasteiger partial charge in [0.15, 0.2) is 0 Å². The van der Waals surface area contributed by atoms with Crippen molar-refractivity contribution in [2.75, 3.05) is 12.5 Å². The fourth-order valence-corrected chi connectivity index (χ4v) is 5.61. The molecule has 0 saturated carbocycles. The van der Waals surface area contributed by atoms with Gasteiger partial charge >= 0.3 is 0 Å². The second kappa shape index (κ2) is 4.98. The number of benzene rings is 2. The molecule has 20 heavy (non-hydrogen) atoms. The fraction of sp³-hybridized carbons (Fsp3) is 0.222. The molecular formula is C18H19ClS. The van der Waals surface area contributed by atoms with Gasteiger partial charge in [0.25, 0.3) is 0 Å². The normalized spacial score (nSPS) is 18.6. The largest absolute Gasteiger partial charge is 0.158 e.